The van der Waals surface area contributed by atoms with E-state index in [0.717, 1.165) is 0 Å². The Hall–Kier alpha value is -1.11. The molecular formula is C13H23N3O2S. The van der Waals surface area contributed by atoms with E-state index in [-0.39, 0.29) is 6.04 Å². The zero-order chi connectivity index (χ0) is 14.5. The number of nitrogens with zero attached hydrogens (tertiary/aromatic N) is 1. The summed E-state index contributed by atoms with van der Waals surface area (Å²) in [6.07, 6.45) is 0. The van der Waals surface area contributed by atoms with Crippen LogP contribution in [0.2, 0.25) is 0 Å². The average molecular weight is 285 g/mol. The molecule has 1 rings (SSSR count). The Morgan fingerprint density at radius 1 is 1.32 bits per heavy atom. The van der Waals surface area contributed by atoms with Gasteiger partial charge in [-0.2, -0.15) is 0 Å². The summed E-state index contributed by atoms with van der Waals surface area (Å²) in [5.41, 5.74) is 6.27. The molecule has 0 unspecified atom stereocenters. The van der Waals surface area contributed by atoms with Crippen molar-refractivity contribution >= 4 is 15.7 Å². The van der Waals surface area contributed by atoms with Crippen molar-refractivity contribution in [1.82, 2.24) is 4.72 Å². The molecule has 5 nitrogen and oxygen atoms in total. The van der Waals surface area contributed by atoms with Gasteiger partial charge >= 0.3 is 0 Å². The first kappa shape index (κ1) is 15.9. The number of hydrogen-bond acceptors (Lipinski definition) is 4. The predicted molar refractivity (Wildman–Crippen MR) is 78.8 cm³/mol. The molecule has 0 heterocycles. The highest BCUT2D eigenvalue weighted by molar-refractivity contribution is 7.89. The Bertz CT molecular complexity index is 500. The van der Waals surface area contributed by atoms with Gasteiger partial charge in [0.2, 0.25) is 10.0 Å². The fourth-order valence-corrected chi connectivity index (χ4v) is 3.40. The molecule has 1 aromatic carbocycles. The zero-order valence-corrected chi connectivity index (χ0v) is 12.6. The van der Waals surface area contributed by atoms with Crippen molar-refractivity contribution < 1.29 is 8.42 Å². The highest BCUT2D eigenvalue weighted by Crippen LogP contribution is 2.24. The Kier molecular flexibility index (Phi) is 5.78. The lowest BCUT2D eigenvalue weighted by molar-refractivity contribution is 0.569. The highest BCUT2D eigenvalue weighted by atomic mass is 32.2. The van der Waals surface area contributed by atoms with E-state index in [9.17, 15) is 8.42 Å². The van der Waals surface area contributed by atoms with Gasteiger partial charge in [0, 0.05) is 25.7 Å². The summed E-state index contributed by atoms with van der Waals surface area (Å²) in [5.74, 6) is 0. The maximum absolute atomic E-state index is 12.3. The molecule has 0 bridgehead atoms. The molecule has 0 saturated heterocycles. The molecule has 0 saturated carbocycles. The number of anilines is 1. The Morgan fingerprint density at radius 2 is 1.95 bits per heavy atom. The Balaban J connectivity index is 3.22. The van der Waals surface area contributed by atoms with Crippen LogP contribution in [0.1, 0.15) is 20.8 Å². The summed E-state index contributed by atoms with van der Waals surface area (Å²) in [6.45, 7) is 7.42. The van der Waals surface area contributed by atoms with Gasteiger partial charge in [-0.3, -0.25) is 0 Å². The molecule has 108 valence electrons. The SMILES string of the molecule is CCN(CCN)c1ccccc1S(=O)(=O)NC(C)C. The highest BCUT2D eigenvalue weighted by Gasteiger charge is 2.21. The third-order valence-electron chi connectivity index (χ3n) is 2.67. The molecule has 0 amide bonds. The number of sulfonamides is 1. The van der Waals surface area contributed by atoms with E-state index in [1.54, 1.807) is 26.0 Å². The van der Waals surface area contributed by atoms with Crippen LogP contribution < -0.4 is 15.4 Å². The summed E-state index contributed by atoms with van der Waals surface area (Å²) in [6, 6.07) is 6.87. The van der Waals surface area contributed by atoms with E-state index in [2.05, 4.69) is 4.72 Å². The Labute approximate surface area is 115 Å². The number of nitrogens with one attached hydrogen (secondary N) is 1. The van der Waals surface area contributed by atoms with E-state index >= 15 is 0 Å². The fraction of sp³-hybridized carbons (Fsp3) is 0.538. The van der Waals surface area contributed by atoms with Crippen molar-refractivity contribution in [3.05, 3.63) is 24.3 Å². The molecule has 19 heavy (non-hydrogen) atoms. The summed E-state index contributed by atoms with van der Waals surface area (Å²) in [4.78, 5) is 2.27. The van der Waals surface area contributed by atoms with Gasteiger partial charge in [0.15, 0.2) is 0 Å². The Morgan fingerprint density at radius 3 is 2.47 bits per heavy atom. The molecular weight excluding hydrogens is 262 g/mol. The molecule has 0 aliphatic carbocycles. The zero-order valence-electron chi connectivity index (χ0n) is 11.8. The number of benzene rings is 1. The molecule has 0 aromatic heterocycles. The van der Waals surface area contributed by atoms with Gasteiger partial charge in [0.1, 0.15) is 4.90 Å². The monoisotopic (exact) mass is 285 g/mol. The summed E-state index contributed by atoms with van der Waals surface area (Å²) in [7, 11) is -3.50. The van der Waals surface area contributed by atoms with Crippen LogP contribution in [-0.4, -0.2) is 34.1 Å². The molecule has 0 spiro atoms. The summed E-state index contributed by atoms with van der Waals surface area (Å²) in [5, 5.41) is 0. The van der Waals surface area contributed by atoms with Gasteiger partial charge in [-0.25, -0.2) is 13.1 Å². The molecule has 0 fully saturated rings. The molecule has 0 atom stereocenters. The van der Waals surface area contributed by atoms with Gasteiger partial charge in [-0.15, -0.1) is 0 Å². The van der Waals surface area contributed by atoms with Crippen LogP contribution in [0.5, 0.6) is 0 Å². The summed E-state index contributed by atoms with van der Waals surface area (Å²) >= 11 is 0. The average Bonchev–Trinajstić information content (AvgIpc) is 2.34. The van der Waals surface area contributed by atoms with E-state index in [4.69, 9.17) is 5.73 Å². The molecule has 0 aliphatic heterocycles. The number of likely N-dealkylation sites (N-methyl/N-ethyl adjacent to an activating group) is 1. The maximum Gasteiger partial charge on any atom is 0.242 e. The molecule has 6 heteroatoms. The van der Waals surface area contributed by atoms with Crippen molar-refractivity contribution in [1.29, 1.82) is 0 Å². The van der Waals surface area contributed by atoms with Crippen LogP contribution in [0.15, 0.2) is 29.2 Å². The largest absolute Gasteiger partial charge is 0.369 e. The molecule has 3 N–H and O–H groups in total. The second kappa shape index (κ2) is 6.88. The van der Waals surface area contributed by atoms with Crippen molar-refractivity contribution in [2.45, 2.75) is 31.7 Å². The van der Waals surface area contributed by atoms with Crippen molar-refractivity contribution in [3.63, 3.8) is 0 Å². The number of nitrogens with two attached hydrogens (primary N) is 1. The third kappa shape index (κ3) is 4.19. The quantitative estimate of drug-likeness (QED) is 0.788. The number of hydrogen-bond donors (Lipinski definition) is 2. The van der Waals surface area contributed by atoms with E-state index in [0.29, 0.717) is 30.2 Å². The first-order valence-corrected chi connectivity index (χ1v) is 7.97. The molecule has 0 radical (unpaired) electrons. The van der Waals surface area contributed by atoms with Gasteiger partial charge in [0.25, 0.3) is 0 Å². The smallest absolute Gasteiger partial charge is 0.242 e. The number of para-hydroxylation sites is 1. The second-order valence-corrected chi connectivity index (χ2v) is 6.29. The van der Waals surface area contributed by atoms with E-state index < -0.39 is 10.0 Å². The van der Waals surface area contributed by atoms with Crippen LogP contribution in [0.25, 0.3) is 0 Å². The van der Waals surface area contributed by atoms with Crippen LogP contribution >= 0.6 is 0 Å². The molecule has 1 aromatic rings. The molecule has 0 aliphatic rings. The lowest BCUT2D eigenvalue weighted by Gasteiger charge is -2.25. The van der Waals surface area contributed by atoms with Crippen LogP contribution in [-0.2, 0) is 10.0 Å². The van der Waals surface area contributed by atoms with Gasteiger partial charge in [-0.05, 0) is 32.9 Å². The first-order valence-electron chi connectivity index (χ1n) is 6.48. The van der Waals surface area contributed by atoms with Gasteiger partial charge in [0.05, 0.1) is 5.69 Å². The predicted octanol–water partition coefficient (Wildman–Crippen LogP) is 1.16. The van der Waals surface area contributed by atoms with Crippen molar-refractivity contribution in [3.8, 4) is 0 Å². The number of rotatable bonds is 7. The standard InChI is InChI=1S/C13H23N3O2S/c1-4-16(10-9-14)12-7-5-6-8-13(12)19(17,18)15-11(2)3/h5-8,11,15H,4,9-10,14H2,1-3H3. The fourth-order valence-electron chi connectivity index (χ4n) is 1.92. The van der Waals surface area contributed by atoms with Crippen LogP contribution in [0.3, 0.4) is 0 Å². The first-order chi connectivity index (χ1) is 8.92. The minimum absolute atomic E-state index is 0.136. The summed E-state index contributed by atoms with van der Waals surface area (Å²) < 4.78 is 27.2. The van der Waals surface area contributed by atoms with Crippen molar-refractivity contribution in [2.24, 2.45) is 5.73 Å². The van der Waals surface area contributed by atoms with E-state index in [1.165, 1.54) is 0 Å². The lowest BCUT2D eigenvalue weighted by Crippen LogP contribution is -2.34. The second-order valence-electron chi connectivity index (χ2n) is 4.61. The minimum Gasteiger partial charge on any atom is -0.369 e. The van der Waals surface area contributed by atoms with Crippen molar-refractivity contribution in [2.75, 3.05) is 24.5 Å². The topological polar surface area (TPSA) is 75.4 Å². The normalized spacial score (nSPS) is 11.8. The van der Waals surface area contributed by atoms with Gasteiger partial charge in [-0.1, -0.05) is 12.1 Å². The third-order valence-corrected chi connectivity index (χ3v) is 4.37. The van der Waals surface area contributed by atoms with Gasteiger partial charge < -0.3 is 10.6 Å². The van der Waals surface area contributed by atoms with E-state index in [1.807, 2.05) is 24.0 Å². The van der Waals surface area contributed by atoms with Crippen LogP contribution in [0.4, 0.5) is 5.69 Å². The van der Waals surface area contributed by atoms with Crippen LogP contribution in [0, 0.1) is 0 Å². The lowest BCUT2D eigenvalue weighted by atomic mass is 10.3. The minimum atomic E-state index is -3.50. The maximum atomic E-state index is 12.3.